The Kier molecular flexibility index (Phi) is 6.24. The van der Waals surface area contributed by atoms with Crippen LogP contribution in [0.25, 0.3) is 0 Å². The molecule has 0 radical (unpaired) electrons. The quantitative estimate of drug-likeness (QED) is 0.730. The van der Waals surface area contributed by atoms with Gasteiger partial charge in [0.05, 0.1) is 0 Å². The highest BCUT2D eigenvalue weighted by Crippen LogP contribution is 2.35. The summed E-state index contributed by atoms with van der Waals surface area (Å²) in [7, 11) is 0. The van der Waals surface area contributed by atoms with Gasteiger partial charge in [0.2, 0.25) is 0 Å². The molecule has 1 aliphatic heterocycles. The van der Waals surface area contributed by atoms with Gasteiger partial charge in [0.1, 0.15) is 22.3 Å². The SMILES string of the molecule is Cc1ccc([C@@H](N[S+]([O-])C(C)(C)C)c2ccc(C)o2)c(N2CCCCC2)c1. The highest BCUT2D eigenvalue weighted by Gasteiger charge is 2.33. The number of hydrogen-bond acceptors (Lipinski definition) is 4. The molecule has 3 rings (SSSR count). The summed E-state index contributed by atoms with van der Waals surface area (Å²) in [5, 5.41) is 0. The summed E-state index contributed by atoms with van der Waals surface area (Å²) in [5.74, 6) is 1.68. The Balaban J connectivity index is 2.03. The average Bonchev–Trinajstić information content (AvgIpc) is 3.06. The van der Waals surface area contributed by atoms with E-state index in [1.54, 1.807) is 0 Å². The van der Waals surface area contributed by atoms with Gasteiger partial charge in [-0.15, -0.1) is 4.72 Å². The van der Waals surface area contributed by atoms with Crippen molar-refractivity contribution in [2.75, 3.05) is 18.0 Å². The van der Waals surface area contributed by atoms with Crippen LogP contribution in [0.5, 0.6) is 0 Å². The van der Waals surface area contributed by atoms with Crippen LogP contribution in [-0.2, 0) is 11.4 Å². The average molecular weight is 389 g/mol. The van der Waals surface area contributed by atoms with Crippen molar-refractivity contribution < 1.29 is 8.97 Å². The number of rotatable bonds is 5. The molecule has 2 atom stereocenters. The van der Waals surface area contributed by atoms with Gasteiger partial charge in [0.25, 0.3) is 0 Å². The molecule has 2 aromatic rings. The van der Waals surface area contributed by atoms with E-state index in [4.69, 9.17) is 4.42 Å². The summed E-state index contributed by atoms with van der Waals surface area (Å²) in [5.41, 5.74) is 3.60. The van der Waals surface area contributed by atoms with Crippen LogP contribution < -0.4 is 9.62 Å². The highest BCUT2D eigenvalue weighted by atomic mass is 32.2. The van der Waals surface area contributed by atoms with Crippen molar-refractivity contribution in [2.45, 2.75) is 64.7 Å². The van der Waals surface area contributed by atoms with Crippen molar-refractivity contribution in [1.82, 2.24) is 4.72 Å². The van der Waals surface area contributed by atoms with Gasteiger partial charge in [0.15, 0.2) is 0 Å². The summed E-state index contributed by atoms with van der Waals surface area (Å²) in [4.78, 5) is 2.47. The minimum Gasteiger partial charge on any atom is -0.598 e. The summed E-state index contributed by atoms with van der Waals surface area (Å²) in [6.07, 6.45) is 3.74. The van der Waals surface area contributed by atoms with Gasteiger partial charge in [-0.2, -0.15) is 0 Å². The zero-order chi connectivity index (χ0) is 19.6. The molecule has 148 valence electrons. The van der Waals surface area contributed by atoms with E-state index in [0.29, 0.717) is 0 Å². The molecule has 1 aromatic heterocycles. The standard InChI is InChI=1S/C22H32N2O2S/c1-16-9-11-18(19(15-16)24-13-7-6-8-14-24)21(20-12-10-17(2)26-20)23-27(25)22(3,4)5/h9-12,15,21,23H,6-8,13-14H2,1-5H3/t21-,27?/m1/s1. The lowest BCUT2D eigenvalue weighted by atomic mass is 9.99. The summed E-state index contributed by atoms with van der Waals surface area (Å²) in [6, 6.07) is 10.3. The number of nitrogens with zero attached hydrogens (tertiary/aromatic N) is 1. The highest BCUT2D eigenvalue weighted by molar-refractivity contribution is 7.90. The van der Waals surface area contributed by atoms with Gasteiger partial charge in [-0.3, -0.25) is 0 Å². The molecule has 0 bridgehead atoms. The Labute approximate surface area is 166 Å². The minimum atomic E-state index is -1.21. The number of aryl methyl sites for hydroxylation is 2. The van der Waals surface area contributed by atoms with Gasteiger partial charge >= 0.3 is 0 Å². The van der Waals surface area contributed by atoms with Crippen molar-refractivity contribution in [2.24, 2.45) is 0 Å². The topological polar surface area (TPSA) is 51.5 Å². The smallest absolute Gasteiger partial charge is 0.137 e. The zero-order valence-electron chi connectivity index (χ0n) is 17.2. The molecule has 1 unspecified atom stereocenters. The van der Waals surface area contributed by atoms with E-state index in [2.05, 4.69) is 34.7 Å². The molecule has 1 aliphatic rings. The van der Waals surface area contributed by atoms with Crippen molar-refractivity contribution in [3.8, 4) is 0 Å². The van der Waals surface area contributed by atoms with Gasteiger partial charge in [-0.25, -0.2) is 0 Å². The monoisotopic (exact) mass is 388 g/mol. The third kappa shape index (κ3) is 4.89. The number of furan rings is 1. The molecular weight excluding hydrogens is 356 g/mol. The van der Waals surface area contributed by atoms with E-state index in [1.165, 1.54) is 30.5 Å². The maximum atomic E-state index is 12.9. The van der Waals surface area contributed by atoms with Crippen molar-refractivity contribution >= 4 is 17.0 Å². The molecule has 0 spiro atoms. The third-order valence-corrected chi connectivity index (χ3v) is 6.58. The molecule has 1 fully saturated rings. The first-order valence-corrected chi connectivity index (χ1v) is 11.0. The first kappa shape index (κ1) is 20.3. The molecule has 0 amide bonds. The summed E-state index contributed by atoms with van der Waals surface area (Å²) >= 11 is -1.21. The molecule has 4 nitrogen and oxygen atoms in total. The molecule has 0 saturated carbocycles. The Hall–Kier alpha value is -1.43. The van der Waals surface area contributed by atoms with Crippen molar-refractivity contribution in [1.29, 1.82) is 0 Å². The zero-order valence-corrected chi connectivity index (χ0v) is 18.0. The maximum absolute atomic E-state index is 12.9. The van der Waals surface area contributed by atoms with E-state index >= 15 is 0 Å². The van der Waals surface area contributed by atoms with E-state index in [1.807, 2.05) is 39.8 Å². The number of benzene rings is 1. The minimum absolute atomic E-state index is 0.240. The van der Waals surface area contributed by atoms with Crippen LogP contribution in [0.4, 0.5) is 5.69 Å². The van der Waals surface area contributed by atoms with Crippen LogP contribution in [0.1, 0.15) is 68.7 Å². The largest absolute Gasteiger partial charge is 0.598 e. The lowest BCUT2D eigenvalue weighted by Gasteiger charge is -2.33. The third-order valence-electron chi connectivity index (χ3n) is 5.02. The van der Waals surface area contributed by atoms with Gasteiger partial charge < -0.3 is 13.9 Å². The van der Waals surface area contributed by atoms with Crippen LogP contribution in [0, 0.1) is 13.8 Å². The van der Waals surface area contributed by atoms with Crippen molar-refractivity contribution in [3.05, 3.63) is 53.0 Å². The fourth-order valence-electron chi connectivity index (χ4n) is 3.47. The first-order chi connectivity index (χ1) is 12.8. The molecule has 0 aliphatic carbocycles. The molecule has 2 heterocycles. The molecule has 1 aromatic carbocycles. The van der Waals surface area contributed by atoms with Crippen LogP contribution in [0.2, 0.25) is 0 Å². The van der Waals surface area contributed by atoms with E-state index in [-0.39, 0.29) is 10.8 Å². The van der Waals surface area contributed by atoms with E-state index in [9.17, 15) is 4.55 Å². The number of piperidine rings is 1. The molecule has 27 heavy (non-hydrogen) atoms. The van der Waals surface area contributed by atoms with Gasteiger partial charge in [-0.05, 0) is 77.6 Å². The predicted octanol–water partition coefficient (Wildman–Crippen LogP) is 5.03. The Morgan fingerprint density at radius 2 is 1.78 bits per heavy atom. The summed E-state index contributed by atoms with van der Waals surface area (Å²) in [6.45, 7) is 12.2. The second-order valence-corrected chi connectivity index (χ2v) is 10.5. The fraction of sp³-hybridized carbons (Fsp3) is 0.545. The van der Waals surface area contributed by atoms with E-state index < -0.39 is 11.4 Å². The molecule has 1 N–H and O–H groups in total. The molecule has 5 heteroatoms. The Morgan fingerprint density at radius 1 is 1.07 bits per heavy atom. The van der Waals surface area contributed by atoms with Crippen LogP contribution in [-0.4, -0.2) is 22.4 Å². The van der Waals surface area contributed by atoms with Crippen LogP contribution in [0.15, 0.2) is 34.7 Å². The second kappa shape index (κ2) is 8.29. The number of nitrogens with one attached hydrogen (secondary N) is 1. The Bertz CT molecular complexity index is 760. The van der Waals surface area contributed by atoms with Gasteiger partial charge in [0, 0.05) is 35.7 Å². The predicted molar refractivity (Wildman–Crippen MR) is 114 cm³/mol. The van der Waals surface area contributed by atoms with Crippen LogP contribution >= 0.6 is 0 Å². The molecule has 1 saturated heterocycles. The van der Waals surface area contributed by atoms with Crippen molar-refractivity contribution in [3.63, 3.8) is 0 Å². The maximum Gasteiger partial charge on any atom is 0.137 e. The number of hydrogen-bond donors (Lipinski definition) is 1. The lowest BCUT2D eigenvalue weighted by molar-refractivity contribution is 0.447. The normalized spacial score (nSPS) is 17.8. The van der Waals surface area contributed by atoms with Crippen LogP contribution in [0.3, 0.4) is 0 Å². The first-order valence-electron chi connectivity index (χ1n) is 9.85. The number of anilines is 1. The second-order valence-electron chi connectivity index (χ2n) is 8.49. The van der Waals surface area contributed by atoms with E-state index in [0.717, 1.165) is 30.2 Å². The van der Waals surface area contributed by atoms with Gasteiger partial charge in [-0.1, -0.05) is 12.1 Å². The lowest BCUT2D eigenvalue weighted by Crippen LogP contribution is -2.42. The summed E-state index contributed by atoms with van der Waals surface area (Å²) < 4.78 is 21.9. The Morgan fingerprint density at radius 3 is 2.37 bits per heavy atom. The fourth-order valence-corrected chi connectivity index (χ4v) is 4.28. The molecular formula is C22H32N2O2S.